The van der Waals surface area contributed by atoms with Gasteiger partial charge in [-0.3, -0.25) is 0 Å². The van der Waals surface area contributed by atoms with E-state index in [2.05, 4.69) is 51.6 Å². The summed E-state index contributed by atoms with van der Waals surface area (Å²) in [6.45, 7) is 0. The van der Waals surface area contributed by atoms with Gasteiger partial charge >= 0.3 is 0 Å². The average molecular weight is 318 g/mol. The van der Waals surface area contributed by atoms with Crippen LogP contribution in [0, 0.1) is 0 Å². The number of fused-ring (bicyclic) bond motifs is 1. The maximum absolute atomic E-state index is 5.42. The number of benzene rings is 2. The first kappa shape index (κ1) is 12.5. The molecule has 1 N–H and O–H groups in total. The van der Waals surface area contributed by atoms with E-state index in [0.29, 0.717) is 6.04 Å². The minimum Gasteiger partial charge on any atom is -0.495 e. The number of hydrogen-bond acceptors (Lipinski definition) is 2. The van der Waals surface area contributed by atoms with Crippen LogP contribution in [0.25, 0.3) is 0 Å². The van der Waals surface area contributed by atoms with Crippen LogP contribution >= 0.6 is 15.9 Å². The lowest BCUT2D eigenvalue weighted by Crippen LogP contribution is -2.08. The van der Waals surface area contributed by atoms with Gasteiger partial charge in [-0.25, -0.2) is 0 Å². The Bertz CT molecular complexity index is 597. The number of halogens is 1. The van der Waals surface area contributed by atoms with Crippen LogP contribution in [0.2, 0.25) is 0 Å². The molecule has 1 atom stereocenters. The van der Waals surface area contributed by atoms with Crippen molar-refractivity contribution in [3.05, 3.63) is 58.1 Å². The molecular formula is C16H16BrNO. The molecule has 0 bridgehead atoms. The molecule has 98 valence electrons. The number of aryl methyl sites for hydroxylation is 1. The van der Waals surface area contributed by atoms with Gasteiger partial charge in [-0.05, 0) is 42.2 Å². The first-order chi connectivity index (χ1) is 9.28. The smallest absolute Gasteiger partial charge is 0.142 e. The SMILES string of the molecule is COc1ccc(Br)cc1NC1CCc2ccccc21. The third kappa shape index (κ3) is 2.47. The maximum Gasteiger partial charge on any atom is 0.142 e. The molecule has 19 heavy (non-hydrogen) atoms. The van der Waals surface area contributed by atoms with E-state index in [1.807, 2.05) is 12.1 Å². The monoisotopic (exact) mass is 317 g/mol. The maximum atomic E-state index is 5.42. The largest absolute Gasteiger partial charge is 0.495 e. The highest BCUT2D eigenvalue weighted by atomic mass is 79.9. The summed E-state index contributed by atoms with van der Waals surface area (Å²) in [5.74, 6) is 0.882. The van der Waals surface area contributed by atoms with E-state index in [9.17, 15) is 0 Å². The van der Waals surface area contributed by atoms with Crippen LogP contribution in [-0.4, -0.2) is 7.11 Å². The number of ether oxygens (including phenoxy) is 1. The Hall–Kier alpha value is -1.48. The molecule has 0 heterocycles. The first-order valence-corrected chi connectivity index (χ1v) is 7.25. The Morgan fingerprint density at radius 2 is 2.05 bits per heavy atom. The minimum atomic E-state index is 0.374. The Morgan fingerprint density at radius 3 is 2.89 bits per heavy atom. The van der Waals surface area contributed by atoms with Gasteiger partial charge in [0.15, 0.2) is 0 Å². The summed E-state index contributed by atoms with van der Waals surface area (Å²) in [6.07, 6.45) is 2.28. The first-order valence-electron chi connectivity index (χ1n) is 6.46. The van der Waals surface area contributed by atoms with E-state index in [0.717, 1.165) is 28.8 Å². The van der Waals surface area contributed by atoms with E-state index < -0.39 is 0 Å². The van der Waals surface area contributed by atoms with Crippen molar-refractivity contribution in [3.8, 4) is 5.75 Å². The predicted octanol–water partition coefficient (Wildman–Crippen LogP) is 4.56. The van der Waals surface area contributed by atoms with Crippen molar-refractivity contribution in [3.63, 3.8) is 0 Å². The van der Waals surface area contributed by atoms with E-state index in [1.165, 1.54) is 11.1 Å². The standard InChI is InChI=1S/C16H16BrNO/c1-19-16-9-7-12(17)10-15(16)18-14-8-6-11-4-2-3-5-13(11)14/h2-5,7,9-10,14,18H,6,8H2,1H3. The molecule has 3 heteroatoms. The van der Waals surface area contributed by atoms with E-state index in [4.69, 9.17) is 4.74 Å². The van der Waals surface area contributed by atoms with Gasteiger partial charge in [0.1, 0.15) is 5.75 Å². The zero-order chi connectivity index (χ0) is 13.2. The summed E-state index contributed by atoms with van der Waals surface area (Å²) in [5, 5.41) is 3.60. The fraction of sp³-hybridized carbons (Fsp3) is 0.250. The van der Waals surface area contributed by atoms with Crippen molar-refractivity contribution in [2.24, 2.45) is 0 Å². The molecule has 1 aliphatic rings. The zero-order valence-corrected chi connectivity index (χ0v) is 12.4. The zero-order valence-electron chi connectivity index (χ0n) is 10.8. The Morgan fingerprint density at radius 1 is 1.21 bits per heavy atom. The lowest BCUT2D eigenvalue weighted by Gasteiger charge is -2.18. The van der Waals surface area contributed by atoms with Crippen LogP contribution < -0.4 is 10.1 Å². The molecule has 2 aromatic carbocycles. The highest BCUT2D eigenvalue weighted by Crippen LogP contribution is 2.37. The van der Waals surface area contributed by atoms with Crippen molar-refractivity contribution in [2.45, 2.75) is 18.9 Å². The highest BCUT2D eigenvalue weighted by molar-refractivity contribution is 9.10. The number of nitrogens with one attached hydrogen (secondary N) is 1. The summed E-state index contributed by atoms with van der Waals surface area (Å²) in [4.78, 5) is 0. The Labute approximate surface area is 121 Å². The summed E-state index contributed by atoms with van der Waals surface area (Å²) in [6, 6.07) is 15.1. The molecule has 0 spiro atoms. The van der Waals surface area contributed by atoms with Crippen LogP contribution in [0.5, 0.6) is 5.75 Å². The molecule has 0 amide bonds. The second-order valence-corrected chi connectivity index (χ2v) is 5.69. The molecule has 0 fully saturated rings. The van der Waals surface area contributed by atoms with E-state index >= 15 is 0 Å². The lowest BCUT2D eigenvalue weighted by molar-refractivity contribution is 0.416. The van der Waals surface area contributed by atoms with Crippen molar-refractivity contribution in [2.75, 3.05) is 12.4 Å². The highest BCUT2D eigenvalue weighted by Gasteiger charge is 2.22. The molecule has 2 aromatic rings. The summed E-state index contributed by atoms with van der Waals surface area (Å²) >= 11 is 3.51. The summed E-state index contributed by atoms with van der Waals surface area (Å²) in [7, 11) is 1.71. The second kappa shape index (κ2) is 5.25. The summed E-state index contributed by atoms with van der Waals surface area (Å²) in [5.41, 5.74) is 3.90. The second-order valence-electron chi connectivity index (χ2n) is 4.78. The van der Waals surface area contributed by atoms with Gasteiger partial charge in [0.25, 0.3) is 0 Å². The third-order valence-corrected chi connectivity index (χ3v) is 4.12. The van der Waals surface area contributed by atoms with E-state index in [1.54, 1.807) is 7.11 Å². The van der Waals surface area contributed by atoms with Crippen molar-refractivity contribution in [1.29, 1.82) is 0 Å². The quantitative estimate of drug-likeness (QED) is 0.896. The van der Waals surface area contributed by atoms with Gasteiger partial charge < -0.3 is 10.1 Å². The van der Waals surface area contributed by atoms with Crippen molar-refractivity contribution in [1.82, 2.24) is 0 Å². The Balaban J connectivity index is 1.89. The van der Waals surface area contributed by atoms with Crippen LogP contribution in [0.4, 0.5) is 5.69 Å². The minimum absolute atomic E-state index is 0.374. The van der Waals surface area contributed by atoms with Gasteiger partial charge in [0.2, 0.25) is 0 Å². The topological polar surface area (TPSA) is 21.3 Å². The third-order valence-electron chi connectivity index (χ3n) is 3.62. The van der Waals surface area contributed by atoms with Crippen molar-refractivity contribution < 1.29 is 4.74 Å². The normalized spacial score (nSPS) is 17.1. The lowest BCUT2D eigenvalue weighted by atomic mass is 10.1. The van der Waals surface area contributed by atoms with Gasteiger partial charge in [-0.15, -0.1) is 0 Å². The van der Waals surface area contributed by atoms with Crippen LogP contribution in [0.1, 0.15) is 23.6 Å². The molecule has 0 aliphatic heterocycles. The average Bonchev–Trinajstić information content (AvgIpc) is 2.83. The van der Waals surface area contributed by atoms with Gasteiger partial charge in [-0.2, -0.15) is 0 Å². The van der Waals surface area contributed by atoms with Crippen LogP contribution in [0.15, 0.2) is 46.9 Å². The molecule has 0 aromatic heterocycles. The number of methoxy groups -OCH3 is 1. The fourth-order valence-electron chi connectivity index (χ4n) is 2.69. The number of hydrogen-bond donors (Lipinski definition) is 1. The predicted molar refractivity (Wildman–Crippen MR) is 81.8 cm³/mol. The van der Waals surface area contributed by atoms with Crippen LogP contribution in [0.3, 0.4) is 0 Å². The van der Waals surface area contributed by atoms with E-state index in [-0.39, 0.29) is 0 Å². The number of anilines is 1. The fourth-order valence-corrected chi connectivity index (χ4v) is 3.05. The molecular weight excluding hydrogens is 302 g/mol. The Kier molecular flexibility index (Phi) is 3.47. The summed E-state index contributed by atoms with van der Waals surface area (Å²) < 4.78 is 6.47. The van der Waals surface area contributed by atoms with Gasteiger partial charge in [0, 0.05) is 4.47 Å². The van der Waals surface area contributed by atoms with Crippen LogP contribution in [-0.2, 0) is 6.42 Å². The molecule has 2 nitrogen and oxygen atoms in total. The molecule has 0 radical (unpaired) electrons. The molecule has 1 unspecified atom stereocenters. The molecule has 0 saturated carbocycles. The molecule has 1 aliphatic carbocycles. The van der Waals surface area contributed by atoms with Gasteiger partial charge in [-0.1, -0.05) is 40.2 Å². The molecule has 0 saturated heterocycles. The number of rotatable bonds is 3. The van der Waals surface area contributed by atoms with Gasteiger partial charge in [0.05, 0.1) is 18.8 Å². The van der Waals surface area contributed by atoms with Crippen molar-refractivity contribution >= 4 is 21.6 Å². The molecule has 3 rings (SSSR count).